The molecule has 0 unspecified atom stereocenters. The molecule has 3 rings (SSSR count). The van der Waals surface area contributed by atoms with Crippen LogP contribution in [-0.2, 0) is 32.0 Å². The van der Waals surface area contributed by atoms with E-state index in [-0.39, 0.29) is 24.3 Å². The lowest BCUT2D eigenvalue weighted by Crippen LogP contribution is -2.43. The van der Waals surface area contributed by atoms with E-state index in [2.05, 4.69) is 15.3 Å². The normalized spacial score (nSPS) is 10.9. The molecule has 0 spiro atoms. The number of amides is 1. The van der Waals surface area contributed by atoms with Crippen LogP contribution in [0.25, 0.3) is 11.2 Å². The molecule has 3 heterocycles. The first-order valence-electron chi connectivity index (χ1n) is 7.79. The fourth-order valence-corrected chi connectivity index (χ4v) is 2.61. The lowest BCUT2D eigenvalue weighted by molar-refractivity contribution is -0.121. The highest BCUT2D eigenvalue weighted by Gasteiger charge is 2.16. The number of carbonyl (C=O) groups is 1. The van der Waals surface area contributed by atoms with Crippen LogP contribution in [0.3, 0.4) is 0 Å². The van der Waals surface area contributed by atoms with E-state index in [1.165, 1.54) is 29.6 Å². The molecular weight excluding hydrogens is 340 g/mol. The Kier molecular flexibility index (Phi) is 4.57. The molecule has 3 aromatic heterocycles. The van der Waals surface area contributed by atoms with Crippen LogP contribution in [0, 0.1) is 0 Å². The molecule has 0 aromatic carbocycles. The van der Waals surface area contributed by atoms with E-state index in [9.17, 15) is 14.4 Å². The highest BCUT2D eigenvalue weighted by atomic mass is 16.5. The number of nitrogens with zero attached hydrogens (tertiary/aromatic N) is 5. The first-order valence-corrected chi connectivity index (χ1v) is 7.79. The quantitative estimate of drug-likeness (QED) is 0.636. The third-order valence-electron chi connectivity index (χ3n) is 4.00. The average molecular weight is 358 g/mol. The van der Waals surface area contributed by atoms with Crippen molar-refractivity contribution in [1.82, 2.24) is 29.0 Å². The summed E-state index contributed by atoms with van der Waals surface area (Å²) >= 11 is 0. The van der Waals surface area contributed by atoms with Gasteiger partial charge in [-0.15, -0.1) is 0 Å². The van der Waals surface area contributed by atoms with Gasteiger partial charge in [0.15, 0.2) is 11.2 Å². The Labute approximate surface area is 147 Å². The van der Waals surface area contributed by atoms with Crippen LogP contribution in [0.5, 0.6) is 5.88 Å². The molecule has 0 saturated heterocycles. The Morgan fingerprint density at radius 3 is 2.77 bits per heavy atom. The predicted octanol–water partition coefficient (Wildman–Crippen LogP) is -0.846. The summed E-state index contributed by atoms with van der Waals surface area (Å²) in [5, 5.41) is 2.68. The Morgan fingerprint density at radius 2 is 2.04 bits per heavy atom. The number of hydrogen-bond donors (Lipinski definition) is 1. The molecule has 0 bridgehead atoms. The number of methoxy groups -OCH3 is 1. The van der Waals surface area contributed by atoms with Crippen LogP contribution in [-0.4, -0.2) is 36.7 Å². The summed E-state index contributed by atoms with van der Waals surface area (Å²) < 4.78 is 8.69. The van der Waals surface area contributed by atoms with E-state index in [4.69, 9.17) is 4.74 Å². The number of fused-ring (bicyclic) bond motifs is 1. The van der Waals surface area contributed by atoms with Gasteiger partial charge in [-0.1, -0.05) is 0 Å². The summed E-state index contributed by atoms with van der Waals surface area (Å²) in [4.78, 5) is 45.2. The van der Waals surface area contributed by atoms with Gasteiger partial charge in [0.2, 0.25) is 11.8 Å². The predicted molar refractivity (Wildman–Crippen MR) is 92.9 cm³/mol. The largest absolute Gasteiger partial charge is 0.481 e. The summed E-state index contributed by atoms with van der Waals surface area (Å²) in [6.07, 6.45) is 3.02. The zero-order valence-corrected chi connectivity index (χ0v) is 14.6. The molecule has 0 aliphatic carbocycles. The van der Waals surface area contributed by atoms with Gasteiger partial charge in [0.1, 0.15) is 6.54 Å². The van der Waals surface area contributed by atoms with Crippen LogP contribution in [0.15, 0.2) is 34.2 Å². The minimum atomic E-state index is -0.595. The maximum absolute atomic E-state index is 12.6. The minimum Gasteiger partial charge on any atom is -0.481 e. The number of carbonyl (C=O) groups excluding carboxylic acids is 1. The number of ether oxygens (including phenoxy) is 1. The third-order valence-corrected chi connectivity index (χ3v) is 4.00. The maximum Gasteiger partial charge on any atom is 0.332 e. The number of nitrogens with one attached hydrogen (secondary N) is 1. The first kappa shape index (κ1) is 17.4. The van der Waals surface area contributed by atoms with Gasteiger partial charge in [0.25, 0.3) is 5.56 Å². The maximum atomic E-state index is 12.6. The molecule has 10 heteroatoms. The smallest absolute Gasteiger partial charge is 0.332 e. The van der Waals surface area contributed by atoms with Crippen LogP contribution >= 0.6 is 0 Å². The average Bonchev–Trinajstić information content (AvgIpc) is 3.03. The van der Waals surface area contributed by atoms with Crippen molar-refractivity contribution >= 4 is 17.1 Å². The second-order valence-corrected chi connectivity index (χ2v) is 5.74. The fourth-order valence-electron chi connectivity index (χ4n) is 2.61. The van der Waals surface area contributed by atoms with Gasteiger partial charge >= 0.3 is 5.69 Å². The zero-order chi connectivity index (χ0) is 18.8. The highest BCUT2D eigenvalue weighted by Crippen LogP contribution is 2.08. The van der Waals surface area contributed by atoms with Crippen LogP contribution in [0.2, 0.25) is 0 Å². The number of imidazole rings is 1. The Balaban J connectivity index is 1.82. The number of rotatable bonds is 5. The van der Waals surface area contributed by atoms with Crippen molar-refractivity contribution in [2.75, 3.05) is 7.11 Å². The van der Waals surface area contributed by atoms with Crippen molar-refractivity contribution in [3.05, 3.63) is 51.1 Å². The summed E-state index contributed by atoms with van der Waals surface area (Å²) in [6.45, 7) is -0.157. The van der Waals surface area contributed by atoms with Gasteiger partial charge in [-0.25, -0.2) is 19.3 Å². The second-order valence-electron chi connectivity index (χ2n) is 5.74. The molecule has 10 nitrogen and oxygen atoms in total. The van der Waals surface area contributed by atoms with Crippen molar-refractivity contribution in [2.24, 2.45) is 14.1 Å². The summed E-state index contributed by atoms with van der Waals surface area (Å²) in [6, 6.07) is 3.42. The monoisotopic (exact) mass is 358 g/mol. The van der Waals surface area contributed by atoms with Gasteiger partial charge < -0.3 is 14.6 Å². The van der Waals surface area contributed by atoms with Gasteiger partial charge in [-0.05, 0) is 11.6 Å². The Morgan fingerprint density at radius 1 is 1.27 bits per heavy atom. The standard InChI is InChI=1S/C16H18N6O4/c1-20-9-19-14-13(20)15(24)22(16(25)21(14)2)8-11(23)18-7-10-4-5-17-12(6-10)26-3/h4-6,9H,7-8H2,1-3H3,(H,18,23). The van der Waals surface area contributed by atoms with Gasteiger partial charge in [-0.3, -0.25) is 14.2 Å². The molecule has 136 valence electrons. The fraction of sp³-hybridized carbons (Fsp3) is 0.312. The van der Waals surface area contributed by atoms with Crippen molar-refractivity contribution in [3.63, 3.8) is 0 Å². The number of aromatic nitrogens is 5. The van der Waals surface area contributed by atoms with E-state index in [1.54, 1.807) is 25.4 Å². The summed E-state index contributed by atoms with van der Waals surface area (Å²) in [7, 11) is 4.67. The van der Waals surface area contributed by atoms with E-state index < -0.39 is 17.2 Å². The van der Waals surface area contributed by atoms with Crippen molar-refractivity contribution in [1.29, 1.82) is 0 Å². The molecule has 0 atom stereocenters. The number of hydrogen-bond acceptors (Lipinski definition) is 6. The number of aryl methyl sites for hydroxylation is 2. The summed E-state index contributed by atoms with van der Waals surface area (Å²) in [5.74, 6) is -0.0232. The second kappa shape index (κ2) is 6.82. The molecule has 26 heavy (non-hydrogen) atoms. The lowest BCUT2D eigenvalue weighted by atomic mass is 10.2. The topological polar surface area (TPSA) is 113 Å². The van der Waals surface area contributed by atoms with E-state index in [0.717, 1.165) is 10.1 Å². The molecular formula is C16H18N6O4. The molecule has 0 saturated carbocycles. The van der Waals surface area contributed by atoms with Gasteiger partial charge in [0, 0.05) is 32.9 Å². The molecule has 1 N–H and O–H groups in total. The molecule has 1 amide bonds. The molecule has 0 fully saturated rings. The van der Waals surface area contributed by atoms with Crippen LogP contribution in [0.1, 0.15) is 5.56 Å². The molecule has 0 radical (unpaired) electrons. The van der Waals surface area contributed by atoms with Crippen molar-refractivity contribution in [3.8, 4) is 5.88 Å². The van der Waals surface area contributed by atoms with E-state index >= 15 is 0 Å². The molecule has 0 aliphatic heterocycles. The van der Waals surface area contributed by atoms with Crippen LogP contribution in [0.4, 0.5) is 0 Å². The Hall–Kier alpha value is -3.43. The van der Waals surface area contributed by atoms with E-state index in [0.29, 0.717) is 5.88 Å². The highest BCUT2D eigenvalue weighted by molar-refractivity contribution is 5.76. The Bertz CT molecular complexity index is 1090. The van der Waals surface area contributed by atoms with E-state index in [1.807, 2.05) is 0 Å². The van der Waals surface area contributed by atoms with Crippen molar-refractivity contribution < 1.29 is 9.53 Å². The molecule has 3 aromatic rings. The van der Waals surface area contributed by atoms with Crippen molar-refractivity contribution in [2.45, 2.75) is 13.1 Å². The molecule has 0 aliphatic rings. The minimum absolute atomic E-state index is 0.223. The lowest BCUT2D eigenvalue weighted by Gasteiger charge is -2.09. The first-order chi connectivity index (χ1) is 12.4. The SMILES string of the molecule is COc1cc(CNC(=O)Cn2c(=O)c3c(ncn3C)n(C)c2=O)ccn1. The zero-order valence-electron chi connectivity index (χ0n) is 14.6. The summed E-state index contributed by atoms with van der Waals surface area (Å²) in [5.41, 5.74) is 0.181. The number of pyridine rings is 1. The third kappa shape index (κ3) is 3.08. The van der Waals surface area contributed by atoms with Crippen LogP contribution < -0.4 is 21.3 Å². The van der Waals surface area contributed by atoms with Gasteiger partial charge in [0.05, 0.1) is 13.4 Å². The van der Waals surface area contributed by atoms with Gasteiger partial charge in [-0.2, -0.15) is 0 Å².